The zero-order chi connectivity index (χ0) is 23.6. The number of allylic oxidation sites excluding steroid dienone is 5. The molecule has 0 bridgehead atoms. The first-order valence-corrected chi connectivity index (χ1v) is 13.2. The van der Waals surface area contributed by atoms with Crippen molar-refractivity contribution in [2.75, 3.05) is 0 Å². The third kappa shape index (κ3) is 2.87. The van der Waals surface area contributed by atoms with Gasteiger partial charge in [-0.25, -0.2) is 4.99 Å². The van der Waals surface area contributed by atoms with Gasteiger partial charge in [-0.3, -0.25) is 4.57 Å². The monoisotopic (exact) mass is 478 g/mol. The first-order valence-electron chi connectivity index (χ1n) is 12.4. The predicted molar refractivity (Wildman–Crippen MR) is 155 cm³/mol. The number of rotatable bonds is 2. The molecule has 4 aromatic carbocycles. The second-order valence-electron chi connectivity index (χ2n) is 9.58. The zero-order valence-corrected chi connectivity index (χ0v) is 20.3. The standard InChI is InChI=1S/C33H22N2S/c1-2-10-21(11-3-1)33-23-13-5-4-12-22(23)18-32(34-33)35-28-16-8-6-14-24(28)26-19-27-25-15-7-9-17-30(25)36-31(27)20-29(26)35/h1-20,22-23H. The van der Waals surface area contributed by atoms with Crippen LogP contribution in [0.1, 0.15) is 5.56 Å². The van der Waals surface area contributed by atoms with Crippen LogP contribution < -0.4 is 0 Å². The van der Waals surface area contributed by atoms with E-state index in [4.69, 9.17) is 4.99 Å². The second kappa shape index (κ2) is 7.64. The highest BCUT2D eigenvalue weighted by Crippen LogP contribution is 2.42. The number of fused-ring (bicyclic) bond motifs is 7. The lowest BCUT2D eigenvalue weighted by Gasteiger charge is -2.29. The van der Waals surface area contributed by atoms with Crippen molar-refractivity contribution in [2.45, 2.75) is 0 Å². The first kappa shape index (κ1) is 20.0. The van der Waals surface area contributed by atoms with Crippen molar-refractivity contribution in [1.29, 1.82) is 0 Å². The van der Waals surface area contributed by atoms with Gasteiger partial charge in [0.1, 0.15) is 5.82 Å². The molecule has 6 aromatic rings. The maximum Gasteiger partial charge on any atom is 0.134 e. The van der Waals surface area contributed by atoms with E-state index in [1.54, 1.807) is 0 Å². The third-order valence-corrected chi connectivity index (χ3v) is 8.67. The second-order valence-corrected chi connectivity index (χ2v) is 10.7. The molecular formula is C33H22N2S. The van der Waals surface area contributed by atoms with E-state index in [9.17, 15) is 0 Å². The molecule has 2 atom stereocenters. The molecule has 2 unspecified atom stereocenters. The molecule has 2 aliphatic rings. The van der Waals surface area contributed by atoms with Crippen LogP contribution in [0.5, 0.6) is 0 Å². The molecule has 36 heavy (non-hydrogen) atoms. The number of benzene rings is 4. The van der Waals surface area contributed by atoms with Gasteiger partial charge in [0.05, 0.1) is 16.7 Å². The Morgan fingerprint density at radius 3 is 2.33 bits per heavy atom. The molecule has 3 heteroatoms. The largest absolute Gasteiger partial charge is 0.294 e. The van der Waals surface area contributed by atoms with Gasteiger partial charge in [0.2, 0.25) is 0 Å². The minimum Gasteiger partial charge on any atom is -0.294 e. The molecule has 0 spiro atoms. The summed E-state index contributed by atoms with van der Waals surface area (Å²) >= 11 is 1.87. The number of hydrogen-bond donors (Lipinski definition) is 0. The normalized spacial score (nSPS) is 19.2. The van der Waals surface area contributed by atoms with Crippen LogP contribution in [-0.2, 0) is 0 Å². The highest BCUT2D eigenvalue weighted by atomic mass is 32.1. The fourth-order valence-electron chi connectivity index (χ4n) is 5.89. The summed E-state index contributed by atoms with van der Waals surface area (Å²) in [5, 5.41) is 5.21. The summed E-state index contributed by atoms with van der Waals surface area (Å²) in [6, 6.07) is 32.9. The fourth-order valence-corrected chi connectivity index (χ4v) is 7.01. The Kier molecular flexibility index (Phi) is 4.25. The van der Waals surface area contributed by atoms with E-state index in [1.807, 2.05) is 11.3 Å². The maximum absolute atomic E-state index is 5.36. The average Bonchev–Trinajstić information content (AvgIpc) is 3.46. The topological polar surface area (TPSA) is 17.3 Å². The lowest BCUT2D eigenvalue weighted by Crippen LogP contribution is -2.26. The molecule has 0 saturated carbocycles. The number of nitrogens with zero attached hydrogens (tertiary/aromatic N) is 2. The van der Waals surface area contributed by atoms with Crippen LogP contribution in [-0.4, -0.2) is 10.3 Å². The molecule has 8 rings (SSSR count). The molecule has 1 aliphatic heterocycles. The van der Waals surface area contributed by atoms with Crippen molar-refractivity contribution < 1.29 is 0 Å². The quantitative estimate of drug-likeness (QED) is 0.237. The van der Waals surface area contributed by atoms with Gasteiger partial charge in [-0.2, -0.15) is 0 Å². The minimum absolute atomic E-state index is 0.253. The van der Waals surface area contributed by atoms with Crippen LogP contribution in [0.3, 0.4) is 0 Å². The van der Waals surface area contributed by atoms with Crippen molar-refractivity contribution in [3.63, 3.8) is 0 Å². The van der Waals surface area contributed by atoms with Crippen molar-refractivity contribution in [3.05, 3.63) is 127 Å². The van der Waals surface area contributed by atoms with Gasteiger partial charge < -0.3 is 0 Å². The van der Waals surface area contributed by atoms with E-state index in [-0.39, 0.29) is 11.8 Å². The van der Waals surface area contributed by atoms with Gasteiger partial charge in [0.15, 0.2) is 0 Å². The molecule has 2 nitrogen and oxygen atoms in total. The number of para-hydroxylation sites is 1. The number of aromatic nitrogens is 1. The number of hydrogen-bond acceptors (Lipinski definition) is 2. The third-order valence-electron chi connectivity index (χ3n) is 7.54. The lowest BCUT2D eigenvalue weighted by atomic mass is 9.80. The summed E-state index contributed by atoms with van der Waals surface area (Å²) in [7, 11) is 0. The number of aliphatic imine (C=N–C) groups is 1. The lowest BCUT2D eigenvalue weighted by molar-refractivity contribution is 0.690. The maximum atomic E-state index is 5.36. The van der Waals surface area contributed by atoms with Gasteiger partial charge in [-0.1, -0.05) is 91.0 Å². The molecule has 0 radical (unpaired) electrons. The zero-order valence-electron chi connectivity index (χ0n) is 19.5. The van der Waals surface area contributed by atoms with E-state index in [0.717, 1.165) is 11.5 Å². The fraction of sp³-hybridized carbons (Fsp3) is 0.0606. The molecule has 1 aliphatic carbocycles. The molecule has 0 N–H and O–H groups in total. The molecule has 0 fully saturated rings. The van der Waals surface area contributed by atoms with E-state index in [0.29, 0.717) is 0 Å². The molecule has 0 amide bonds. The van der Waals surface area contributed by atoms with Crippen LogP contribution >= 0.6 is 11.3 Å². The van der Waals surface area contributed by atoms with Gasteiger partial charge >= 0.3 is 0 Å². The summed E-state index contributed by atoms with van der Waals surface area (Å²) in [6.07, 6.45) is 11.3. The van der Waals surface area contributed by atoms with Crippen LogP contribution in [0.25, 0.3) is 47.8 Å². The summed E-state index contributed by atoms with van der Waals surface area (Å²) in [5.74, 6) is 1.53. The van der Waals surface area contributed by atoms with Crippen LogP contribution in [0.4, 0.5) is 0 Å². The molecular weight excluding hydrogens is 456 g/mol. The van der Waals surface area contributed by atoms with Gasteiger partial charge in [0.25, 0.3) is 0 Å². The Balaban J connectivity index is 1.45. The minimum atomic E-state index is 0.253. The Morgan fingerprint density at radius 1 is 0.639 bits per heavy atom. The van der Waals surface area contributed by atoms with Gasteiger partial charge in [-0.15, -0.1) is 11.3 Å². The van der Waals surface area contributed by atoms with E-state index in [1.165, 1.54) is 47.5 Å². The SMILES string of the molecule is C1=CC2C=C(n3c4ccccc4c4cc5c(cc43)sc3ccccc35)N=C(c3ccccc3)C2C=C1. The summed E-state index contributed by atoms with van der Waals surface area (Å²) in [4.78, 5) is 5.36. The Morgan fingerprint density at radius 2 is 1.42 bits per heavy atom. The average molecular weight is 479 g/mol. The van der Waals surface area contributed by atoms with Gasteiger partial charge in [-0.05, 0) is 35.9 Å². The van der Waals surface area contributed by atoms with Crippen molar-refractivity contribution in [3.8, 4) is 0 Å². The molecule has 0 saturated heterocycles. The van der Waals surface area contributed by atoms with Crippen molar-refractivity contribution in [1.82, 2.24) is 4.57 Å². The summed E-state index contributed by atoms with van der Waals surface area (Å²) < 4.78 is 5.02. The smallest absolute Gasteiger partial charge is 0.134 e. The van der Waals surface area contributed by atoms with E-state index in [2.05, 4.69) is 126 Å². The summed E-state index contributed by atoms with van der Waals surface area (Å²) in [5.41, 5.74) is 4.73. The molecule has 3 heterocycles. The van der Waals surface area contributed by atoms with Gasteiger partial charge in [0, 0.05) is 42.8 Å². The highest BCUT2D eigenvalue weighted by molar-refractivity contribution is 7.25. The van der Waals surface area contributed by atoms with E-state index >= 15 is 0 Å². The Hall–Kier alpha value is -4.21. The summed E-state index contributed by atoms with van der Waals surface area (Å²) in [6.45, 7) is 0. The Bertz CT molecular complexity index is 1950. The predicted octanol–water partition coefficient (Wildman–Crippen LogP) is 8.82. The Labute approximate surface area is 212 Å². The highest BCUT2D eigenvalue weighted by Gasteiger charge is 2.29. The van der Waals surface area contributed by atoms with Crippen LogP contribution in [0.2, 0.25) is 0 Å². The molecule has 2 aromatic heterocycles. The number of thiophene rings is 1. The van der Waals surface area contributed by atoms with E-state index < -0.39 is 0 Å². The molecule has 170 valence electrons. The van der Waals surface area contributed by atoms with Crippen LogP contribution in [0.15, 0.2) is 126 Å². The van der Waals surface area contributed by atoms with Crippen molar-refractivity contribution >= 4 is 64.8 Å². The van der Waals surface area contributed by atoms with Crippen LogP contribution in [0, 0.1) is 11.8 Å². The van der Waals surface area contributed by atoms with Crippen molar-refractivity contribution in [2.24, 2.45) is 16.8 Å². The first-order chi connectivity index (χ1) is 17.8.